The number of rotatable bonds is 4. The van der Waals surface area contributed by atoms with Gasteiger partial charge in [-0.1, -0.05) is 37.3 Å². The second-order valence-corrected chi connectivity index (χ2v) is 5.75. The number of hydrogen-bond acceptors (Lipinski definition) is 4. The molecule has 0 N–H and O–H groups in total. The third kappa shape index (κ3) is 3.79. The van der Waals surface area contributed by atoms with Crippen molar-refractivity contribution in [3.63, 3.8) is 0 Å². The Hall–Kier alpha value is -2.69. The summed E-state index contributed by atoms with van der Waals surface area (Å²) in [6.45, 7) is 4.99. The number of allylic oxidation sites excluding steroid dienone is 1. The summed E-state index contributed by atoms with van der Waals surface area (Å²) in [5.74, 6) is 0.822. The van der Waals surface area contributed by atoms with E-state index in [9.17, 15) is 4.79 Å². The molecule has 5 heteroatoms. The predicted molar refractivity (Wildman–Crippen MR) is 95.5 cm³/mol. The molecule has 1 aromatic heterocycles. The molecule has 0 atom stereocenters. The lowest BCUT2D eigenvalue weighted by Gasteiger charge is -2.34. The quantitative estimate of drug-likeness (QED) is 0.812. The number of anilines is 1. The number of piperazine rings is 1. The molecule has 1 aliphatic rings. The first-order valence-electron chi connectivity index (χ1n) is 8.35. The molecule has 0 spiro atoms. The third-order valence-corrected chi connectivity index (χ3v) is 4.25. The van der Waals surface area contributed by atoms with E-state index in [1.807, 2.05) is 41.3 Å². The molecule has 1 saturated heterocycles. The number of carbonyl (C=O) groups excluding carboxylic acids is 1. The summed E-state index contributed by atoms with van der Waals surface area (Å²) in [6.07, 6.45) is 6.11. The van der Waals surface area contributed by atoms with Crippen molar-refractivity contribution in [1.82, 2.24) is 14.9 Å². The van der Waals surface area contributed by atoms with E-state index in [1.54, 1.807) is 18.5 Å². The molecule has 1 aromatic carbocycles. The first-order valence-corrected chi connectivity index (χ1v) is 8.35. The van der Waals surface area contributed by atoms with Gasteiger partial charge in [-0.05, 0) is 23.6 Å². The molecule has 0 aliphatic carbocycles. The maximum Gasteiger partial charge on any atom is 0.246 e. The van der Waals surface area contributed by atoms with Gasteiger partial charge in [-0.2, -0.15) is 0 Å². The van der Waals surface area contributed by atoms with E-state index < -0.39 is 0 Å². The van der Waals surface area contributed by atoms with Gasteiger partial charge in [0.05, 0.1) is 0 Å². The van der Waals surface area contributed by atoms with Crippen LogP contribution in [0.25, 0.3) is 5.57 Å². The summed E-state index contributed by atoms with van der Waals surface area (Å²) in [6, 6.07) is 11.9. The number of hydrogen-bond donors (Lipinski definition) is 0. The number of carbonyl (C=O) groups is 1. The topological polar surface area (TPSA) is 49.3 Å². The van der Waals surface area contributed by atoms with Crippen molar-refractivity contribution in [1.29, 1.82) is 0 Å². The first-order chi connectivity index (χ1) is 11.8. The summed E-state index contributed by atoms with van der Waals surface area (Å²) >= 11 is 0. The van der Waals surface area contributed by atoms with Crippen LogP contribution in [0.1, 0.15) is 18.9 Å². The minimum Gasteiger partial charge on any atom is -0.337 e. The Bertz CT molecular complexity index is 692. The molecule has 1 fully saturated rings. The first kappa shape index (κ1) is 16.2. The molecule has 2 aromatic rings. The highest BCUT2D eigenvalue weighted by molar-refractivity contribution is 5.95. The van der Waals surface area contributed by atoms with E-state index in [1.165, 1.54) is 0 Å². The summed E-state index contributed by atoms with van der Waals surface area (Å²) < 4.78 is 0. The van der Waals surface area contributed by atoms with Gasteiger partial charge in [-0.15, -0.1) is 0 Å². The fourth-order valence-electron chi connectivity index (χ4n) is 2.86. The minimum absolute atomic E-state index is 0.0873. The van der Waals surface area contributed by atoms with Crippen LogP contribution in [0.2, 0.25) is 0 Å². The molecule has 3 rings (SSSR count). The molecule has 124 valence electrons. The van der Waals surface area contributed by atoms with Gasteiger partial charge in [-0.25, -0.2) is 9.97 Å². The fraction of sp³-hybridized carbons (Fsp3) is 0.316. The van der Waals surface area contributed by atoms with Crippen LogP contribution in [0.5, 0.6) is 0 Å². The van der Waals surface area contributed by atoms with Crippen LogP contribution in [0.4, 0.5) is 5.95 Å². The van der Waals surface area contributed by atoms with Gasteiger partial charge < -0.3 is 9.80 Å². The Morgan fingerprint density at radius 2 is 1.71 bits per heavy atom. The van der Waals surface area contributed by atoms with E-state index in [2.05, 4.69) is 21.8 Å². The SMILES string of the molecule is CC/C(=C\C(=O)N1CCN(c2ncccn2)CC1)c1ccccc1. The summed E-state index contributed by atoms with van der Waals surface area (Å²) in [5, 5.41) is 0. The molecular weight excluding hydrogens is 300 g/mol. The number of amides is 1. The normalized spacial score (nSPS) is 15.5. The van der Waals surface area contributed by atoms with Gasteiger partial charge in [0.2, 0.25) is 11.9 Å². The monoisotopic (exact) mass is 322 g/mol. The molecule has 0 saturated carbocycles. The van der Waals surface area contributed by atoms with Crippen LogP contribution in [0, 0.1) is 0 Å². The Labute approximate surface area is 142 Å². The molecule has 0 bridgehead atoms. The molecule has 1 aliphatic heterocycles. The lowest BCUT2D eigenvalue weighted by Crippen LogP contribution is -2.48. The molecule has 1 amide bonds. The Kier molecular flexibility index (Phi) is 5.21. The van der Waals surface area contributed by atoms with Crippen molar-refractivity contribution in [3.8, 4) is 0 Å². The maximum absolute atomic E-state index is 12.6. The van der Waals surface area contributed by atoms with Crippen molar-refractivity contribution in [2.75, 3.05) is 31.1 Å². The lowest BCUT2D eigenvalue weighted by molar-refractivity contribution is -0.126. The lowest BCUT2D eigenvalue weighted by atomic mass is 10.0. The summed E-state index contributed by atoms with van der Waals surface area (Å²) in [5.41, 5.74) is 2.19. The number of benzene rings is 1. The zero-order valence-corrected chi connectivity index (χ0v) is 13.9. The largest absolute Gasteiger partial charge is 0.337 e. The molecule has 24 heavy (non-hydrogen) atoms. The highest BCUT2D eigenvalue weighted by Gasteiger charge is 2.21. The van der Waals surface area contributed by atoms with Gasteiger partial charge in [0.25, 0.3) is 0 Å². The predicted octanol–water partition coefficient (Wildman–Crippen LogP) is 2.62. The van der Waals surface area contributed by atoms with Crippen molar-refractivity contribution in [2.24, 2.45) is 0 Å². The van der Waals surface area contributed by atoms with Crippen LogP contribution >= 0.6 is 0 Å². The average molecular weight is 322 g/mol. The second-order valence-electron chi connectivity index (χ2n) is 5.75. The van der Waals surface area contributed by atoms with Crippen LogP contribution in [-0.2, 0) is 4.79 Å². The van der Waals surface area contributed by atoms with Gasteiger partial charge >= 0.3 is 0 Å². The highest BCUT2D eigenvalue weighted by atomic mass is 16.2. The van der Waals surface area contributed by atoms with Gasteiger partial charge in [0.1, 0.15) is 0 Å². The van der Waals surface area contributed by atoms with Crippen molar-refractivity contribution < 1.29 is 4.79 Å². The van der Waals surface area contributed by atoms with E-state index in [0.717, 1.165) is 36.6 Å². The van der Waals surface area contributed by atoms with Crippen molar-refractivity contribution in [2.45, 2.75) is 13.3 Å². The zero-order chi connectivity index (χ0) is 16.8. The van der Waals surface area contributed by atoms with Crippen molar-refractivity contribution in [3.05, 3.63) is 60.4 Å². The Morgan fingerprint density at radius 1 is 1.04 bits per heavy atom. The minimum atomic E-state index is 0.0873. The van der Waals surface area contributed by atoms with Gasteiger partial charge in [-0.3, -0.25) is 4.79 Å². The van der Waals surface area contributed by atoms with Gasteiger partial charge in [0, 0.05) is 44.6 Å². The number of nitrogens with zero attached hydrogens (tertiary/aromatic N) is 4. The van der Waals surface area contributed by atoms with Crippen LogP contribution in [0.3, 0.4) is 0 Å². The zero-order valence-electron chi connectivity index (χ0n) is 13.9. The Morgan fingerprint density at radius 3 is 2.33 bits per heavy atom. The second kappa shape index (κ2) is 7.73. The Balaban J connectivity index is 1.63. The summed E-state index contributed by atoms with van der Waals surface area (Å²) in [4.78, 5) is 25.1. The standard InChI is InChI=1S/C19H22N4O/c1-2-16(17-7-4-3-5-8-17)15-18(24)22-11-13-23(14-12-22)19-20-9-6-10-21-19/h3-10,15H,2,11-14H2,1H3/b16-15+. The smallest absolute Gasteiger partial charge is 0.246 e. The molecule has 0 unspecified atom stereocenters. The third-order valence-electron chi connectivity index (χ3n) is 4.25. The maximum atomic E-state index is 12.6. The van der Waals surface area contributed by atoms with Crippen LogP contribution in [-0.4, -0.2) is 47.0 Å². The summed E-state index contributed by atoms with van der Waals surface area (Å²) in [7, 11) is 0. The highest BCUT2D eigenvalue weighted by Crippen LogP contribution is 2.18. The van der Waals surface area contributed by atoms with Crippen molar-refractivity contribution >= 4 is 17.4 Å². The molecular formula is C19H22N4O. The molecule has 0 radical (unpaired) electrons. The van der Waals surface area contributed by atoms with E-state index in [0.29, 0.717) is 13.1 Å². The van der Waals surface area contributed by atoms with E-state index in [4.69, 9.17) is 0 Å². The van der Waals surface area contributed by atoms with E-state index in [-0.39, 0.29) is 5.91 Å². The van der Waals surface area contributed by atoms with E-state index >= 15 is 0 Å². The molecule has 2 heterocycles. The van der Waals surface area contributed by atoms with Crippen LogP contribution in [0.15, 0.2) is 54.9 Å². The number of aromatic nitrogens is 2. The fourth-order valence-corrected chi connectivity index (χ4v) is 2.86. The average Bonchev–Trinajstić information content (AvgIpc) is 2.67. The molecule has 5 nitrogen and oxygen atoms in total. The van der Waals surface area contributed by atoms with Crippen LogP contribution < -0.4 is 4.90 Å². The van der Waals surface area contributed by atoms with Gasteiger partial charge in [0.15, 0.2) is 0 Å².